The van der Waals surface area contributed by atoms with Crippen LogP contribution in [0.4, 0.5) is 0 Å². The minimum Gasteiger partial charge on any atom is -0.248 e. The number of pyridine rings is 1. The Morgan fingerprint density at radius 1 is 0.508 bits per heavy atom. The molecule has 1 nitrogen and oxygen atoms in total. The van der Waals surface area contributed by atoms with Gasteiger partial charge >= 0.3 is 0 Å². The molecule has 1 aromatic heterocycles. The van der Waals surface area contributed by atoms with Crippen molar-refractivity contribution in [2.45, 2.75) is 117 Å². The highest BCUT2D eigenvalue weighted by Gasteiger charge is 2.58. The molecule has 4 aliphatic rings. The number of unbranched alkanes of at least 4 members (excludes halogenated alkanes) is 1. The zero-order valence-electron chi connectivity index (χ0n) is 38.8. The van der Waals surface area contributed by atoms with Crippen LogP contribution in [0.5, 0.6) is 0 Å². The summed E-state index contributed by atoms with van der Waals surface area (Å²) in [6, 6.07) is 54.0. The van der Waals surface area contributed by atoms with Gasteiger partial charge in [-0.1, -0.05) is 191 Å². The normalized spacial score (nSPS) is 21.2. The van der Waals surface area contributed by atoms with Crippen molar-refractivity contribution in [1.29, 1.82) is 0 Å². The van der Waals surface area contributed by atoms with Crippen LogP contribution in [0, 0.1) is 53.4 Å². The number of benzene rings is 6. The predicted octanol–water partition coefficient (Wildman–Crippen LogP) is 13.6. The first-order valence-corrected chi connectivity index (χ1v) is 24.0. The van der Waals surface area contributed by atoms with Gasteiger partial charge in [-0.2, -0.15) is 0 Å². The molecular weight excluding hydrogens is 757 g/mol. The van der Waals surface area contributed by atoms with Crippen LogP contribution in [0.25, 0.3) is 33.6 Å². The highest BCUT2D eigenvalue weighted by Crippen LogP contribution is 2.66. The summed E-state index contributed by atoms with van der Waals surface area (Å²) in [5.74, 6) is 1.63. The molecule has 0 saturated heterocycles. The van der Waals surface area contributed by atoms with Crippen molar-refractivity contribution in [3.8, 4) is 33.6 Å². The Balaban J connectivity index is 0.924. The lowest BCUT2D eigenvalue weighted by atomic mass is 9.34. The number of aromatic nitrogens is 1. The van der Waals surface area contributed by atoms with Crippen LogP contribution in [0.2, 0.25) is 0 Å². The minimum atomic E-state index is 0.128. The van der Waals surface area contributed by atoms with Crippen LogP contribution in [-0.4, -0.2) is 11.7 Å². The molecule has 0 amide bonds. The van der Waals surface area contributed by atoms with Gasteiger partial charge in [0.2, 0.25) is 6.71 Å². The van der Waals surface area contributed by atoms with Crippen LogP contribution in [-0.2, 0) is 17.3 Å². The van der Waals surface area contributed by atoms with Crippen LogP contribution < -0.4 is 16.4 Å². The monoisotopic (exact) mass is 822 g/mol. The third-order valence-electron chi connectivity index (χ3n) is 15.8. The van der Waals surface area contributed by atoms with E-state index in [0.717, 1.165) is 28.8 Å². The Morgan fingerprint density at radius 3 is 1.48 bits per heavy atom. The first kappa shape index (κ1) is 41.5. The summed E-state index contributed by atoms with van der Waals surface area (Å²) in [6.45, 7) is 16.0. The van der Waals surface area contributed by atoms with E-state index in [2.05, 4.69) is 188 Å². The van der Waals surface area contributed by atoms with Gasteiger partial charge in [-0.25, -0.2) is 4.98 Å². The smallest absolute Gasteiger partial charge is 0.242 e. The summed E-state index contributed by atoms with van der Waals surface area (Å²) in [5, 5.41) is 0. The Labute approximate surface area is 378 Å². The van der Waals surface area contributed by atoms with E-state index < -0.39 is 0 Å². The molecule has 2 heteroatoms. The molecule has 4 bridgehead atoms. The lowest BCUT2D eigenvalue weighted by molar-refractivity contribution is -0.0281. The first-order chi connectivity index (χ1) is 30.5. The Bertz CT molecular complexity index is 2670. The first-order valence-electron chi connectivity index (χ1n) is 24.0. The van der Waals surface area contributed by atoms with Gasteiger partial charge in [0.15, 0.2) is 0 Å². The summed E-state index contributed by atoms with van der Waals surface area (Å²) in [5.41, 5.74) is 24.4. The van der Waals surface area contributed by atoms with Gasteiger partial charge < -0.3 is 0 Å². The lowest BCUT2D eigenvalue weighted by Gasteiger charge is -2.63. The second-order valence-corrected chi connectivity index (χ2v) is 20.6. The molecule has 7 aromatic rings. The van der Waals surface area contributed by atoms with Crippen LogP contribution >= 0.6 is 0 Å². The standard InChI is InChI=1S/C61H64BN/c1-8-9-12-46-17-19-49(20-18-46)50-21-25-53(26-22-50)60-35-47-33-48(36-60)38-61(37-47,39-60)54-27-23-51(24-28-54)56-15-11-16-57(63-56)52-13-10-14-55(34-52)62(58-42(4)29-40(2)30-43(58)5)59-44(6)31-41(3)32-45(59)7/h10-11,13-32,34,47-48H,8-9,12,33,35-39H2,1-7H3. The fourth-order valence-corrected chi connectivity index (χ4v) is 13.6. The van der Waals surface area contributed by atoms with E-state index in [-0.39, 0.29) is 17.5 Å². The molecule has 6 aromatic carbocycles. The van der Waals surface area contributed by atoms with Gasteiger partial charge in [0.05, 0.1) is 11.4 Å². The zero-order valence-corrected chi connectivity index (χ0v) is 38.8. The summed E-state index contributed by atoms with van der Waals surface area (Å²) >= 11 is 0. The van der Waals surface area contributed by atoms with Crippen molar-refractivity contribution in [1.82, 2.24) is 4.98 Å². The molecule has 0 spiro atoms. The molecule has 4 fully saturated rings. The third kappa shape index (κ3) is 7.83. The summed E-state index contributed by atoms with van der Waals surface area (Å²) in [6.07, 6.45) is 11.7. The Morgan fingerprint density at radius 2 is 0.968 bits per heavy atom. The number of hydrogen-bond donors (Lipinski definition) is 0. The van der Waals surface area contributed by atoms with Gasteiger partial charge in [-0.3, -0.25) is 0 Å². The van der Waals surface area contributed by atoms with Gasteiger partial charge in [0, 0.05) is 5.56 Å². The fourth-order valence-electron chi connectivity index (χ4n) is 13.6. The number of hydrogen-bond acceptors (Lipinski definition) is 1. The van der Waals surface area contributed by atoms with Crippen molar-refractivity contribution in [3.05, 3.63) is 190 Å². The van der Waals surface area contributed by atoms with Crippen LogP contribution in [0.1, 0.15) is 108 Å². The maximum atomic E-state index is 5.37. The van der Waals surface area contributed by atoms with E-state index >= 15 is 0 Å². The van der Waals surface area contributed by atoms with E-state index in [1.54, 1.807) is 11.1 Å². The van der Waals surface area contributed by atoms with Crippen LogP contribution in [0.3, 0.4) is 0 Å². The minimum absolute atomic E-state index is 0.128. The van der Waals surface area contributed by atoms with Crippen LogP contribution in [0.15, 0.2) is 140 Å². The van der Waals surface area contributed by atoms with Crippen molar-refractivity contribution in [2.75, 3.05) is 0 Å². The van der Waals surface area contributed by atoms with Crippen molar-refractivity contribution < 1.29 is 0 Å². The quantitative estimate of drug-likeness (QED) is 0.118. The molecule has 2 atom stereocenters. The average Bonchev–Trinajstić information content (AvgIpc) is 3.27. The van der Waals surface area contributed by atoms with E-state index in [1.807, 2.05) is 0 Å². The van der Waals surface area contributed by atoms with Crippen molar-refractivity contribution in [3.63, 3.8) is 0 Å². The van der Waals surface area contributed by atoms with E-state index in [0.29, 0.717) is 0 Å². The van der Waals surface area contributed by atoms with E-state index in [9.17, 15) is 0 Å². The number of nitrogens with zero attached hydrogens (tertiary/aromatic N) is 1. The van der Waals surface area contributed by atoms with Gasteiger partial charge in [-0.05, 0) is 161 Å². The van der Waals surface area contributed by atoms with Crippen molar-refractivity contribution >= 4 is 23.1 Å². The molecule has 316 valence electrons. The molecule has 4 saturated carbocycles. The topological polar surface area (TPSA) is 12.9 Å². The summed E-state index contributed by atoms with van der Waals surface area (Å²) in [7, 11) is 0. The highest BCUT2D eigenvalue weighted by atomic mass is 14.7. The zero-order chi connectivity index (χ0) is 43.5. The predicted molar refractivity (Wildman–Crippen MR) is 270 cm³/mol. The molecule has 11 rings (SSSR count). The molecular formula is C61H64BN. The maximum absolute atomic E-state index is 5.37. The lowest BCUT2D eigenvalue weighted by Crippen LogP contribution is -2.55. The number of aryl methyl sites for hydroxylation is 7. The third-order valence-corrected chi connectivity index (χ3v) is 15.8. The van der Waals surface area contributed by atoms with E-state index in [1.165, 1.54) is 130 Å². The molecule has 4 aliphatic carbocycles. The van der Waals surface area contributed by atoms with Gasteiger partial charge in [0.1, 0.15) is 0 Å². The molecule has 0 aliphatic heterocycles. The molecule has 2 unspecified atom stereocenters. The SMILES string of the molecule is CCCCc1ccc(-c2ccc(C34CC5CC(C3)CC(c3ccc(-c6cccc(-c7cccc(B(c8c(C)cc(C)cc8C)c8c(C)cc(C)cc8C)c7)n6)cc3)(C5)C4)cc2)cc1. The summed E-state index contributed by atoms with van der Waals surface area (Å²) < 4.78 is 0. The van der Waals surface area contributed by atoms with Gasteiger partial charge in [-0.15, -0.1) is 0 Å². The largest absolute Gasteiger partial charge is 0.248 e. The maximum Gasteiger partial charge on any atom is 0.242 e. The molecule has 0 radical (unpaired) electrons. The average molecular weight is 822 g/mol. The second-order valence-electron chi connectivity index (χ2n) is 20.6. The van der Waals surface area contributed by atoms with Gasteiger partial charge in [0.25, 0.3) is 0 Å². The van der Waals surface area contributed by atoms with E-state index in [4.69, 9.17) is 4.98 Å². The number of rotatable bonds is 11. The van der Waals surface area contributed by atoms with Crippen molar-refractivity contribution in [2.24, 2.45) is 11.8 Å². The second kappa shape index (κ2) is 16.6. The Hall–Kier alpha value is -5.47. The highest BCUT2D eigenvalue weighted by molar-refractivity contribution is 6.96. The fraction of sp³-hybridized carbons (Fsp3) is 0.328. The summed E-state index contributed by atoms with van der Waals surface area (Å²) in [4.78, 5) is 5.37. The molecule has 0 N–H and O–H groups in total. The molecule has 63 heavy (non-hydrogen) atoms. The molecule has 1 heterocycles. The Kier molecular flexibility index (Phi) is 10.9.